The predicted octanol–water partition coefficient (Wildman–Crippen LogP) is 2.13. The number of carbonyl (C=O) groups excluding carboxylic acids is 1. The van der Waals surface area contributed by atoms with Crippen molar-refractivity contribution in [1.82, 2.24) is 9.78 Å². The number of rotatable bonds is 4. The fraction of sp³-hybridized carbons (Fsp3) is 0.636. The highest BCUT2D eigenvalue weighted by Gasteiger charge is 2.28. The van der Waals surface area contributed by atoms with Crippen LogP contribution in [0.2, 0.25) is 0 Å². The van der Waals surface area contributed by atoms with Gasteiger partial charge >= 0.3 is 0 Å². The monoisotopic (exact) mass is 286 g/mol. The number of nitrogens with zero attached hydrogens (tertiary/aromatic N) is 2. The van der Waals surface area contributed by atoms with Gasteiger partial charge in [-0.1, -0.05) is 0 Å². The fourth-order valence-electron chi connectivity index (χ4n) is 2.18. The molecule has 2 rings (SSSR count). The van der Waals surface area contributed by atoms with Gasteiger partial charge in [0.05, 0.1) is 29.5 Å². The van der Waals surface area contributed by atoms with Gasteiger partial charge in [-0.3, -0.25) is 9.48 Å². The lowest BCUT2D eigenvalue weighted by atomic mass is 10.0. The molecule has 1 atom stereocenters. The Labute approximate surface area is 103 Å². The maximum atomic E-state index is 11.3. The minimum Gasteiger partial charge on any atom is -0.383 e. The average molecular weight is 287 g/mol. The standard InChI is InChI=1S/C11H15BrN2O2/c1-16-5-4-14-11(10(12)7-13-14)8-2-3-9(15)6-8/h7-8H,2-6H2,1H3. The Morgan fingerprint density at radius 2 is 2.50 bits per heavy atom. The quantitative estimate of drug-likeness (QED) is 0.852. The number of hydrogen-bond acceptors (Lipinski definition) is 3. The number of carbonyl (C=O) groups is 1. The second-order valence-corrected chi connectivity index (χ2v) is 4.93. The molecule has 0 amide bonds. The predicted molar refractivity (Wildman–Crippen MR) is 63.4 cm³/mol. The van der Waals surface area contributed by atoms with Gasteiger partial charge in [-0.2, -0.15) is 5.10 Å². The van der Waals surface area contributed by atoms with Crippen molar-refractivity contribution in [2.24, 2.45) is 0 Å². The van der Waals surface area contributed by atoms with E-state index in [0.717, 1.165) is 23.1 Å². The van der Waals surface area contributed by atoms with E-state index in [9.17, 15) is 4.79 Å². The van der Waals surface area contributed by atoms with Gasteiger partial charge in [0.2, 0.25) is 0 Å². The summed E-state index contributed by atoms with van der Waals surface area (Å²) in [6.07, 6.45) is 4.09. The van der Waals surface area contributed by atoms with Crippen LogP contribution in [0.5, 0.6) is 0 Å². The van der Waals surface area contributed by atoms with E-state index in [0.29, 0.717) is 31.1 Å². The maximum Gasteiger partial charge on any atom is 0.133 e. The highest BCUT2D eigenvalue weighted by molar-refractivity contribution is 9.10. The average Bonchev–Trinajstić information content (AvgIpc) is 2.82. The molecule has 0 spiro atoms. The first kappa shape index (κ1) is 11.8. The number of hydrogen-bond donors (Lipinski definition) is 0. The van der Waals surface area contributed by atoms with Gasteiger partial charge in [0.15, 0.2) is 0 Å². The number of ketones is 1. The lowest BCUT2D eigenvalue weighted by Gasteiger charge is -2.12. The van der Waals surface area contributed by atoms with Gasteiger partial charge in [0, 0.05) is 25.9 Å². The summed E-state index contributed by atoms with van der Waals surface area (Å²) in [4.78, 5) is 11.3. The summed E-state index contributed by atoms with van der Waals surface area (Å²) < 4.78 is 8.00. The summed E-state index contributed by atoms with van der Waals surface area (Å²) in [5, 5.41) is 4.30. The molecule has 1 aromatic heterocycles. The van der Waals surface area contributed by atoms with Crippen molar-refractivity contribution >= 4 is 21.7 Å². The molecule has 1 saturated carbocycles. The van der Waals surface area contributed by atoms with Crippen LogP contribution in [0, 0.1) is 0 Å². The molecule has 1 unspecified atom stereocenters. The first-order valence-electron chi connectivity index (χ1n) is 5.44. The van der Waals surface area contributed by atoms with E-state index in [2.05, 4.69) is 21.0 Å². The molecule has 1 fully saturated rings. The summed E-state index contributed by atoms with van der Waals surface area (Å²) in [6.45, 7) is 1.38. The highest BCUT2D eigenvalue weighted by atomic mass is 79.9. The van der Waals surface area contributed by atoms with E-state index < -0.39 is 0 Å². The minimum atomic E-state index is 0.321. The smallest absolute Gasteiger partial charge is 0.133 e. The van der Waals surface area contributed by atoms with Crippen molar-refractivity contribution in [1.29, 1.82) is 0 Å². The van der Waals surface area contributed by atoms with Crippen LogP contribution in [0.15, 0.2) is 10.7 Å². The van der Waals surface area contributed by atoms with Crippen molar-refractivity contribution < 1.29 is 9.53 Å². The van der Waals surface area contributed by atoms with Crippen molar-refractivity contribution in [3.63, 3.8) is 0 Å². The van der Waals surface area contributed by atoms with Crippen LogP contribution in [0.3, 0.4) is 0 Å². The summed E-state index contributed by atoms with van der Waals surface area (Å²) in [6, 6.07) is 0. The van der Waals surface area contributed by atoms with Crippen LogP contribution < -0.4 is 0 Å². The van der Waals surface area contributed by atoms with Crippen LogP contribution in [0.4, 0.5) is 0 Å². The zero-order chi connectivity index (χ0) is 11.5. The third kappa shape index (κ3) is 2.35. The van der Waals surface area contributed by atoms with Crippen molar-refractivity contribution in [3.05, 3.63) is 16.4 Å². The Bertz CT molecular complexity index is 389. The number of Topliss-reactive ketones (excluding diaryl/α,β-unsaturated/α-hetero) is 1. The first-order chi connectivity index (χ1) is 7.72. The molecule has 5 heteroatoms. The topological polar surface area (TPSA) is 44.1 Å². The van der Waals surface area contributed by atoms with E-state index in [4.69, 9.17) is 4.74 Å². The van der Waals surface area contributed by atoms with E-state index >= 15 is 0 Å². The molecule has 1 heterocycles. The van der Waals surface area contributed by atoms with Crippen LogP contribution in [0.1, 0.15) is 30.9 Å². The molecule has 1 aromatic rings. The van der Waals surface area contributed by atoms with Crippen LogP contribution in [0.25, 0.3) is 0 Å². The molecule has 1 aliphatic rings. The Morgan fingerprint density at radius 3 is 3.12 bits per heavy atom. The molecule has 0 aliphatic heterocycles. The fourth-order valence-corrected chi connectivity index (χ4v) is 2.80. The lowest BCUT2D eigenvalue weighted by Crippen LogP contribution is -2.12. The molecule has 4 nitrogen and oxygen atoms in total. The minimum absolute atomic E-state index is 0.321. The highest BCUT2D eigenvalue weighted by Crippen LogP contribution is 2.35. The number of aromatic nitrogens is 2. The summed E-state index contributed by atoms with van der Waals surface area (Å²) >= 11 is 3.50. The van der Waals surface area contributed by atoms with Crippen LogP contribution in [-0.4, -0.2) is 29.3 Å². The Morgan fingerprint density at radius 1 is 1.69 bits per heavy atom. The summed E-state index contributed by atoms with van der Waals surface area (Å²) in [5.41, 5.74) is 1.14. The zero-order valence-corrected chi connectivity index (χ0v) is 10.9. The van der Waals surface area contributed by atoms with E-state index in [1.165, 1.54) is 0 Å². The molecule has 1 aliphatic carbocycles. The van der Waals surface area contributed by atoms with Crippen LogP contribution >= 0.6 is 15.9 Å². The summed E-state index contributed by atoms with van der Waals surface area (Å²) in [7, 11) is 1.68. The van der Waals surface area contributed by atoms with Crippen molar-refractivity contribution in [3.8, 4) is 0 Å². The van der Waals surface area contributed by atoms with Gasteiger partial charge in [-0.15, -0.1) is 0 Å². The van der Waals surface area contributed by atoms with Crippen LogP contribution in [-0.2, 0) is 16.1 Å². The van der Waals surface area contributed by atoms with Gasteiger partial charge < -0.3 is 4.74 Å². The molecule has 0 saturated heterocycles. The Hall–Kier alpha value is -0.680. The van der Waals surface area contributed by atoms with Crippen molar-refractivity contribution in [2.75, 3.05) is 13.7 Å². The largest absolute Gasteiger partial charge is 0.383 e. The van der Waals surface area contributed by atoms with Gasteiger partial charge in [-0.05, 0) is 22.4 Å². The normalized spacial score (nSPS) is 20.6. The second-order valence-electron chi connectivity index (χ2n) is 4.07. The van der Waals surface area contributed by atoms with Crippen molar-refractivity contribution in [2.45, 2.75) is 31.7 Å². The molecular weight excluding hydrogens is 272 g/mol. The van der Waals surface area contributed by atoms with Gasteiger partial charge in [0.1, 0.15) is 5.78 Å². The molecule has 88 valence electrons. The molecule has 0 bridgehead atoms. The SMILES string of the molecule is COCCn1ncc(Br)c1C1CCC(=O)C1. The second kappa shape index (κ2) is 5.10. The third-order valence-electron chi connectivity index (χ3n) is 2.97. The molecular formula is C11H15BrN2O2. The summed E-state index contributed by atoms with van der Waals surface area (Å²) in [5.74, 6) is 0.678. The number of halogens is 1. The molecule has 0 N–H and O–H groups in total. The van der Waals surface area contributed by atoms with E-state index in [1.54, 1.807) is 13.3 Å². The zero-order valence-electron chi connectivity index (χ0n) is 9.28. The number of ether oxygens (including phenoxy) is 1. The number of methoxy groups -OCH3 is 1. The van der Waals surface area contributed by atoms with Gasteiger partial charge in [-0.25, -0.2) is 0 Å². The van der Waals surface area contributed by atoms with Gasteiger partial charge in [0.25, 0.3) is 0 Å². The Balaban J connectivity index is 2.17. The third-order valence-corrected chi connectivity index (χ3v) is 3.58. The lowest BCUT2D eigenvalue weighted by molar-refractivity contribution is -0.117. The maximum absolute atomic E-state index is 11.3. The molecule has 0 radical (unpaired) electrons. The van der Waals surface area contributed by atoms with E-state index in [1.807, 2.05) is 4.68 Å². The first-order valence-corrected chi connectivity index (χ1v) is 6.23. The molecule has 16 heavy (non-hydrogen) atoms. The molecule has 0 aromatic carbocycles. The van der Waals surface area contributed by atoms with E-state index in [-0.39, 0.29) is 0 Å². The Kier molecular flexibility index (Phi) is 3.76.